The fourth-order valence-electron chi connectivity index (χ4n) is 4.65. The lowest BCUT2D eigenvalue weighted by molar-refractivity contribution is 0.0962. The molecule has 1 aromatic heterocycles. The lowest BCUT2D eigenvalue weighted by Gasteiger charge is -2.38. The third-order valence-electron chi connectivity index (χ3n) is 6.88. The van der Waals surface area contributed by atoms with Crippen LogP contribution in [-0.2, 0) is 4.74 Å². The molecule has 0 amide bonds. The molecule has 0 spiro atoms. The fourth-order valence-corrected chi connectivity index (χ4v) is 4.98. The third kappa shape index (κ3) is 4.68. The van der Waals surface area contributed by atoms with Gasteiger partial charge < -0.3 is 24.2 Å². The van der Waals surface area contributed by atoms with Crippen molar-refractivity contribution in [2.45, 2.75) is 45.8 Å². The Morgan fingerprint density at radius 2 is 1.91 bits per heavy atom. The molecule has 2 aliphatic heterocycles. The molecule has 2 aliphatic rings. The van der Waals surface area contributed by atoms with E-state index in [1.165, 1.54) is 11.1 Å². The summed E-state index contributed by atoms with van der Waals surface area (Å²) in [4.78, 5) is 6.91. The molecule has 0 aliphatic carbocycles. The molecule has 1 N–H and O–H groups in total. The van der Waals surface area contributed by atoms with Gasteiger partial charge in [-0.2, -0.15) is 4.98 Å². The maximum Gasteiger partial charge on any atom is 0.258 e. The molecule has 0 radical (unpaired) electrons. The summed E-state index contributed by atoms with van der Waals surface area (Å²) in [6, 6.07) is 13.9. The van der Waals surface area contributed by atoms with Crippen LogP contribution in [0.5, 0.6) is 5.75 Å². The van der Waals surface area contributed by atoms with Gasteiger partial charge in [-0.25, -0.2) is 0 Å². The van der Waals surface area contributed by atoms with Crippen LogP contribution in [0.3, 0.4) is 0 Å². The molecule has 182 valence electrons. The molecule has 3 heterocycles. The largest absolute Gasteiger partial charge is 0.497 e. The predicted molar refractivity (Wildman–Crippen MR) is 139 cm³/mol. The Labute approximate surface area is 211 Å². The first kappa shape index (κ1) is 23.5. The van der Waals surface area contributed by atoms with Crippen molar-refractivity contribution < 1.29 is 14.0 Å². The first-order valence-electron chi connectivity index (χ1n) is 11.9. The first-order chi connectivity index (χ1) is 16.9. The van der Waals surface area contributed by atoms with Crippen LogP contribution >= 0.6 is 12.2 Å². The number of rotatable bonds is 6. The lowest BCUT2D eigenvalue weighted by atomic mass is 9.92. The van der Waals surface area contributed by atoms with E-state index in [1.807, 2.05) is 24.3 Å². The number of aromatic nitrogens is 2. The van der Waals surface area contributed by atoms with E-state index in [-0.39, 0.29) is 12.1 Å². The lowest BCUT2D eigenvalue weighted by Crippen LogP contribution is -2.48. The van der Waals surface area contributed by atoms with E-state index in [9.17, 15) is 0 Å². The number of thiocarbonyl (C=S) groups is 1. The average Bonchev–Trinajstić information content (AvgIpc) is 3.56. The van der Waals surface area contributed by atoms with E-state index in [2.05, 4.69) is 54.3 Å². The van der Waals surface area contributed by atoms with E-state index in [4.69, 9.17) is 31.2 Å². The SMILES string of the molecule is COc1ccc(-c2noc(C3=C(C)N(CC4CCCO4)C(=S)NC3c3ccc(C)c(C)c3)n2)cc1. The Hall–Kier alpha value is -3.23. The molecule has 8 heteroatoms. The minimum absolute atomic E-state index is 0.154. The summed E-state index contributed by atoms with van der Waals surface area (Å²) in [6.07, 6.45) is 2.26. The normalized spacial score (nSPS) is 20.3. The minimum Gasteiger partial charge on any atom is -0.497 e. The van der Waals surface area contributed by atoms with Gasteiger partial charge in [-0.15, -0.1) is 0 Å². The van der Waals surface area contributed by atoms with Gasteiger partial charge in [0.25, 0.3) is 5.89 Å². The summed E-state index contributed by atoms with van der Waals surface area (Å²) in [5, 5.41) is 8.52. The maximum absolute atomic E-state index is 5.90. The smallest absolute Gasteiger partial charge is 0.258 e. The number of ether oxygens (including phenoxy) is 2. The Morgan fingerprint density at radius 3 is 2.60 bits per heavy atom. The summed E-state index contributed by atoms with van der Waals surface area (Å²) in [7, 11) is 1.65. The number of hydrogen-bond acceptors (Lipinski definition) is 6. The molecule has 5 rings (SSSR count). The Morgan fingerprint density at radius 1 is 1.11 bits per heavy atom. The van der Waals surface area contributed by atoms with Crippen LogP contribution in [0.15, 0.2) is 52.7 Å². The van der Waals surface area contributed by atoms with Crippen molar-refractivity contribution in [2.24, 2.45) is 0 Å². The van der Waals surface area contributed by atoms with E-state index in [0.717, 1.165) is 47.6 Å². The Bertz CT molecular complexity index is 1260. The number of nitrogens with one attached hydrogen (secondary N) is 1. The van der Waals surface area contributed by atoms with E-state index in [0.29, 0.717) is 23.4 Å². The Balaban J connectivity index is 1.56. The van der Waals surface area contributed by atoms with Crippen molar-refractivity contribution in [2.75, 3.05) is 20.3 Å². The van der Waals surface area contributed by atoms with Crippen LogP contribution < -0.4 is 10.1 Å². The van der Waals surface area contributed by atoms with Gasteiger partial charge >= 0.3 is 0 Å². The highest BCUT2D eigenvalue weighted by Crippen LogP contribution is 2.38. The molecule has 3 aromatic rings. The monoisotopic (exact) mass is 490 g/mol. The van der Waals surface area contributed by atoms with Crippen LogP contribution in [0.4, 0.5) is 0 Å². The van der Waals surface area contributed by atoms with Crippen molar-refractivity contribution in [3.8, 4) is 17.1 Å². The molecule has 35 heavy (non-hydrogen) atoms. The highest BCUT2D eigenvalue weighted by molar-refractivity contribution is 7.80. The molecule has 1 fully saturated rings. The van der Waals surface area contributed by atoms with Gasteiger partial charge in [0.05, 0.1) is 31.4 Å². The number of aryl methyl sites for hydroxylation is 2. The second-order valence-electron chi connectivity index (χ2n) is 9.12. The number of methoxy groups -OCH3 is 1. The first-order valence-corrected chi connectivity index (χ1v) is 12.3. The van der Waals surface area contributed by atoms with Gasteiger partial charge in [0.2, 0.25) is 5.82 Å². The molecule has 2 aromatic carbocycles. The molecular formula is C27H30N4O3S. The van der Waals surface area contributed by atoms with Gasteiger partial charge in [-0.1, -0.05) is 23.4 Å². The number of allylic oxidation sites excluding steroid dienone is 1. The van der Waals surface area contributed by atoms with Crippen molar-refractivity contribution in [1.82, 2.24) is 20.4 Å². The average molecular weight is 491 g/mol. The molecule has 1 saturated heterocycles. The van der Waals surface area contributed by atoms with Crippen molar-refractivity contribution >= 4 is 22.9 Å². The quantitative estimate of drug-likeness (QED) is 0.473. The van der Waals surface area contributed by atoms with Crippen molar-refractivity contribution in [1.29, 1.82) is 0 Å². The zero-order valence-electron chi connectivity index (χ0n) is 20.5. The third-order valence-corrected chi connectivity index (χ3v) is 7.21. The minimum atomic E-state index is -0.202. The van der Waals surface area contributed by atoms with Crippen LogP contribution in [0.25, 0.3) is 17.0 Å². The van der Waals surface area contributed by atoms with Crippen LogP contribution in [0, 0.1) is 13.8 Å². The molecule has 0 bridgehead atoms. The maximum atomic E-state index is 5.90. The van der Waals surface area contributed by atoms with Crippen molar-refractivity contribution in [3.63, 3.8) is 0 Å². The Kier molecular flexibility index (Phi) is 6.58. The molecule has 0 saturated carbocycles. The van der Waals surface area contributed by atoms with E-state index in [1.54, 1.807) is 7.11 Å². The second-order valence-corrected chi connectivity index (χ2v) is 9.51. The molecule has 2 atom stereocenters. The number of nitrogens with zero attached hydrogens (tertiary/aromatic N) is 3. The summed E-state index contributed by atoms with van der Waals surface area (Å²) >= 11 is 5.83. The van der Waals surface area contributed by atoms with Crippen LogP contribution in [0.1, 0.15) is 48.4 Å². The molecule has 7 nitrogen and oxygen atoms in total. The number of hydrogen-bond donors (Lipinski definition) is 1. The van der Waals surface area contributed by atoms with Gasteiger partial charge in [0.1, 0.15) is 5.75 Å². The summed E-state index contributed by atoms with van der Waals surface area (Å²) in [5.41, 5.74) is 6.35. The topological polar surface area (TPSA) is 72.7 Å². The van der Waals surface area contributed by atoms with Gasteiger partial charge in [0, 0.05) is 17.9 Å². The second kappa shape index (κ2) is 9.79. The number of benzene rings is 2. The zero-order chi connectivity index (χ0) is 24.5. The van der Waals surface area contributed by atoms with Crippen LogP contribution in [-0.4, -0.2) is 46.5 Å². The fraction of sp³-hybridized carbons (Fsp3) is 0.370. The summed E-state index contributed by atoms with van der Waals surface area (Å²) < 4.78 is 17.0. The summed E-state index contributed by atoms with van der Waals surface area (Å²) in [6.45, 7) is 7.80. The zero-order valence-corrected chi connectivity index (χ0v) is 21.3. The van der Waals surface area contributed by atoms with Gasteiger partial charge in [0.15, 0.2) is 5.11 Å². The predicted octanol–water partition coefficient (Wildman–Crippen LogP) is 5.20. The van der Waals surface area contributed by atoms with E-state index < -0.39 is 0 Å². The highest BCUT2D eigenvalue weighted by Gasteiger charge is 2.35. The standard InChI is InChI=1S/C27H30N4O3S/c1-16-7-8-20(14-17(16)2)24-23(18(3)31(27(35)28-24)15-22-6-5-13-33-22)26-29-25(30-34-26)19-9-11-21(32-4)12-10-19/h7-12,14,22,24H,5-6,13,15H2,1-4H3,(H,28,35). The van der Waals surface area contributed by atoms with Gasteiger partial charge in [-0.05, 0) is 86.8 Å². The van der Waals surface area contributed by atoms with Gasteiger partial charge in [-0.3, -0.25) is 0 Å². The molecular weight excluding hydrogens is 460 g/mol. The van der Waals surface area contributed by atoms with Crippen molar-refractivity contribution in [3.05, 3.63) is 70.7 Å². The summed E-state index contributed by atoms with van der Waals surface area (Å²) in [5.74, 6) is 1.78. The molecule has 2 unspecified atom stereocenters. The van der Waals surface area contributed by atoms with E-state index >= 15 is 0 Å². The highest BCUT2D eigenvalue weighted by atomic mass is 32.1. The van der Waals surface area contributed by atoms with Crippen LogP contribution in [0.2, 0.25) is 0 Å².